The molecule has 114 valence electrons. The van der Waals surface area contributed by atoms with E-state index in [-0.39, 0.29) is 11.6 Å². The first-order chi connectivity index (χ1) is 9.40. The SMILES string of the molecule is CCCN(CCCl)P(N)(=O)OCc1ccc([N+](=O)[O-])s1. The summed E-state index contributed by atoms with van der Waals surface area (Å²) in [6.45, 7) is 2.80. The monoisotopic (exact) mass is 341 g/mol. The van der Waals surface area contributed by atoms with Crippen LogP contribution in [-0.2, 0) is 15.7 Å². The molecule has 1 atom stereocenters. The zero-order valence-electron chi connectivity index (χ0n) is 11.0. The fourth-order valence-corrected chi connectivity index (χ4v) is 4.01. The predicted octanol–water partition coefficient (Wildman–Crippen LogP) is 3.19. The van der Waals surface area contributed by atoms with Crippen molar-refractivity contribution in [2.75, 3.05) is 19.0 Å². The Kier molecular flexibility index (Phi) is 7.08. The number of nitro groups is 1. The van der Waals surface area contributed by atoms with Crippen LogP contribution in [0.3, 0.4) is 0 Å². The summed E-state index contributed by atoms with van der Waals surface area (Å²) in [5, 5.41) is 10.6. The van der Waals surface area contributed by atoms with E-state index in [1.807, 2.05) is 6.92 Å². The van der Waals surface area contributed by atoms with E-state index in [1.54, 1.807) is 6.07 Å². The number of halogens is 1. The number of hydrogen-bond donors (Lipinski definition) is 1. The van der Waals surface area contributed by atoms with Crippen LogP contribution >= 0.6 is 30.6 Å². The Bertz CT molecular complexity index is 493. The van der Waals surface area contributed by atoms with Gasteiger partial charge in [-0.3, -0.25) is 14.7 Å². The Morgan fingerprint density at radius 3 is 2.75 bits per heavy atom. The second-order valence-corrected chi connectivity index (χ2v) is 7.45. The third-order valence-corrected chi connectivity index (χ3v) is 5.30. The van der Waals surface area contributed by atoms with Crippen LogP contribution in [-0.4, -0.2) is 28.6 Å². The quantitative estimate of drug-likeness (QED) is 0.320. The molecule has 0 amide bonds. The molecule has 0 fully saturated rings. The average Bonchev–Trinajstić information content (AvgIpc) is 2.85. The highest BCUT2D eigenvalue weighted by atomic mass is 35.5. The van der Waals surface area contributed by atoms with Gasteiger partial charge in [-0.05, 0) is 12.5 Å². The summed E-state index contributed by atoms with van der Waals surface area (Å²) in [5.74, 6) is 0.301. The molecule has 0 spiro atoms. The van der Waals surface area contributed by atoms with E-state index in [1.165, 1.54) is 10.7 Å². The molecule has 20 heavy (non-hydrogen) atoms. The van der Waals surface area contributed by atoms with E-state index in [2.05, 4.69) is 0 Å². The van der Waals surface area contributed by atoms with Crippen molar-refractivity contribution in [3.8, 4) is 0 Å². The molecular formula is C10H17ClN3O4PS. The summed E-state index contributed by atoms with van der Waals surface area (Å²) >= 11 is 6.62. The molecule has 0 radical (unpaired) electrons. The molecule has 1 unspecified atom stereocenters. The lowest BCUT2D eigenvalue weighted by molar-refractivity contribution is -0.380. The highest BCUT2D eigenvalue weighted by molar-refractivity contribution is 7.53. The lowest BCUT2D eigenvalue weighted by Gasteiger charge is -2.26. The standard InChI is InChI=1S/C10H17ClN3O4PS/c1-2-6-13(7-5-11)19(12,17)18-8-9-3-4-10(20-9)14(15)16/h3-4H,2,5-8H2,1H3,(H2,12,17). The zero-order valence-corrected chi connectivity index (χ0v) is 13.5. The lowest BCUT2D eigenvalue weighted by atomic mass is 10.5. The molecule has 0 aliphatic heterocycles. The number of nitrogens with zero attached hydrogens (tertiary/aromatic N) is 2. The van der Waals surface area contributed by atoms with Gasteiger partial charge in [-0.15, -0.1) is 11.6 Å². The van der Waals surface area contributed by atoms with E-state index < -0.39 is 12.6 Å². The predicted molar refractivity (Wildman–Crippen MR) is 80.1 cm³/mol. The maximum Gasteiger partial charge on any atom is 0.341 e. The Hall–Kier alpha value is -0.500. The Labute approximate surface area is 126 Å². The molecule has 0 saturated carbocycles. The maximum atomic E-state index is 12.3. The van der Waals surface area contributed by atoms with Gasteiger partial charge in [-0.2, -0.15) is 0 Å². The summed E-state index contributed by atoms with van der Waals surface area (Å²) in [6.07, 6.45) is 0.770. The van der Waals surface area contributed by atoms with Crippen LogP contribution in [0.2, 0.25) is 0 Å². The summed E-state index contributed by atoms with van der Waals surface area (Å²) in [5.41, 5.74) is 5.72. The molecule has 0 aliphatic carbocycles. The highest BCUT2D eigenvalue weighted by Crippen LogP contribution is 2.44. The third-order valence-electron chi connectivity index (χ3n) is 2.44. The first-order valence-corrected chi connectivity index (χ1v) is 8.98. The molecule has 2 N–H and O–H groups in total. The largest absolute Gasteiger partial charge is 0.341 e. The van der Waals surface area contributed by atoms with Gasteiger partial charge in [0.25, 0.3) is 0 Å². The Balaban J connectivity index is 2.64. The van der Waals surface area contributed by atoms with Gasteiger partial charge in [0.15, 0.2) is 0 Å². The minimum atomic E-state index is -3.43. The van der Waals surface area contributed by atoms with Gasteiger partial charge in [0.1, 0.15) is 0 Å². The van der Waals surface area contributed by atoms with Gasteiger partial charge in [-0.1, -0.05) is 18.3 Å². The van der Waals surface area contributed by atoms with Gasteiger partial charge in [0.2, 0.25) is 0 Å². The van der Waals surface area contributed by atoms with E-state index in [4.69, 9.17) is 21.6 Å². The molecule has 0 bridgehead atoms. The number of hydrogen-bond acceptors (Lipinski definition) is 5. The topological polar surface area (TPSA) is 98.7 Å². The minimum absolute atomic E-state index is 0.0154. The summed E-state index contributed by atoms with van der Waals surface area (Å²) in [4.78, 5) is 10.7. The Morgan fingerprint density at radius 1 is 1.55 bits per heavy atom. The van der Waals surface area contributed by atoms with E-state index in [9.17, 15) is 14.7 Å². The molecule has 0 saturated heterocycles. The molecule has 10 heteroatoms. The van der Waals surface area contributed by atoms with Crippen LogP contribution in [0.25, 0.3) is 0 Å². The second kappa shape index (κ2) is 8.07. The molecule has 0 aliphatic rings. The summed E-state index contributed by atoms with van der Waals surface area (Å²) in [6, 6.07) is 2.95. The fourth-order valence-electron chi connectivity index (χ4n) is 1.53. The van der Waals surface area contributed by atoms with Crippen molar-refractivity contribution in [3.05, 3.63) is 27.1 Å². The van der Waals surface area contributed by atoms with Gasteiger partial charge in [0.05, 0.1) is 11.5 Å². The van der Waals surface area contributed by atoms with Crippen molar-refractivity contribution in [3.63, 3.8) is 0 Å². The average molecular weight is 342 g/mol. The van der Waals surface area contributed by atoms with Crippen LogP contribution in [0.4, 0.5) is 5.00 Å². The van der Waals surface area contributed by atoms with Crippen LogP contribution in [0.5, 0.6) is 0 Å². The van der Waals surface area contributed by atoms with Crippen LogP contribution < -0.4 is 5.50 Å². The van der Waals surface area contributed by atoms with Gasteiger partial charge in [0, 0.05) is 29.9 Å². The molecule has 0 aromatic carbocycles. The van der Waals surface area contributed by atoms with Crippen molar-refractivity contribution < 1.29 is 14.0 Å². The van der Waals surface area contributed by atoms with E-state index in [0.717, 1.165) is 17.8 Å². The number of alkyl halides is 1. The van der Waals surface area contributed by atoms with Crippen LogP contribution in [0.15, 0.2) is 12.1 Å². The van der Waals surface area contributed by atoms with Gasteiger partial charge in [-0.25, -0.2) is 10.2 Å². The maximum absolute atomic E-state index is 12.3. The smallest absolute Gasteiger partial charge is 0.300 e. The molecule has 1 heterocycles. The normalized spacial score (nSPS) is 14.4. The highest BCUT2D eigenvalue weighted by Gasteiger charge is 2.26. The first kappa shape index (κ1) is 17.6. The molecule has 1 aromatic rings. The molecule has 1 aromatic heterocycles. The number of rotatable bonds is 9. The van der Waals surface area contributed by atoms with Crippen molar-refractivity contribution in [2.45, 2.75) is 20.0 Å². The first-order valence-electron chi connectivity index (χ1n) is 5.98. The van der Waals surface area contributed by atoms with Crippen molar-refractivity contribution in [2.24, 2.45) is 5.50 Å². The van der Waals surface area contributed by atoms with Gasteiger partial charge < -0.3 is 4.52 Å². The summed E-state index contributed by atoms with van der Waals surface area (Å²) < 4.78 is 19.1. The van der Waals surface area contributed by atoms with E-state index >= 15 is 0 Å². The van der Waals surface area contributed by atoms with Crippen molar-refractivity contribution in [1.82, 2.24) is 4.67 Å². The Morgan fingerprint density at radius 2 is 2.25 bits per heavy atom. The van der Waals surface area contributed by atoms with Gasteiger partial charge >= 0.3 is 12.7 Å². The van der Waals surface area contributed by atoms with E-state index in [0.29, 0.717) is 23.8 Å². The number of nitrogens with two attached hydrogens (primary N) is 1. The van der Waals surface area contributed by atoms with Crippen molar-refractivity contribution in [1.29, 1.82) is 0 Å². The fraction of sp³-hybridized carbons (Fsp3) is 0.600. The second-order valence-electron chi connectivity index (χ2n) is 3.98. The molecule has 1 rings (SSSR count). The minimum Gasteiger partial charge on any atom is -0.300 e. The van der Waals surface area contributed by atoms with Crippen LogP contribution in [0, 0.1) is 10.1 Å². The van der Waals surface area contributed by atoms with Crippen LogP contribution in [0.1, 0.15) is 18.2 Å². The summed E-state index contributed by atoms with van der Waals surface area (Å²) in [7, 11) is -3.43. The third kappa shape index (κ3) is 5.12. The molecule has 7 nitrogen and oxygen atoms in total. The van der Waals surface area contributed by atoms with Crippen molar-refractivity contribution >= 4 is 35.6 Å². The lowest BCUT2D eigenvalue weighted by Crippen LogP contribution is -2.28. The zero-order chi connectivity index (χ0) is 15.2. The number of thiophene rings is 1. The molecular weight excluding hydrogens is 325 g/mol.